The molecule has 8 heteroatoms. The molecule has 1 aromatic rings. The molecule has 0 bridgehead atoms. The van der Waals surface area contributed by atoms with Crippen LogP contribution in [0.15, 0.2) is 30.3 Å². The fourth-order valence-corrected chi connectivity index (χ4v) is 4.06. The van der Waals surface area contributed by atoms with Crippen LogP contribution in [0.3, 0.4) is 0 Å². The molecule has 0 aromatic heterocycles. The predicted molar refractivity (Wildman–Crippen MR) is 118 cm³/mol. The number of amides is 3. The molecule has 3 rings (SSSR count). The van der Waals surface area contributed by atoms with Crippen LogP contribution in [0.4, 0.5) is 9.59 Å². The van der Waals surface area contributed by atoms with Crippen molar-refractivity contribution in [1.82, 2.24) is 9.80 Å². The maximum atomic E-state index is 13.8. The zero-order valence-corrected chi connectivity index (χ0v) is 19.6. The molecule has 0 N–H and O–H groups in total. The molecule has 2 heterocycles. The van der Waals surface area contributed by atoms with Crippen molar-refractivity contribution in [3.63, 3.8) is 0 Å². The molecule has 0 aliphatic carbocycles. The molecule has 2 atom stereocenters. The van der Waals surface area contributed by atoms with Gasteiger partial charge >= 0.3 is 12.2 Å². The van der Waals surface area contributed by atoms with Crippen molar-refractivity contribution >= 4 is 18.1 Å². The lowest BCUT2D eigenvalue weighted by molar-refractivity contribution is -0.144. The number of rotatable bonds is 6. The minimum atomic E-state index is -1.04. The number of benzene rings is 1. The van der Waals surface area contributed by atoms with Crippen LogP contribution < -0.4 is 0 Å². The van der Waals surface area contributed by atoms with Gasteiger partial charge in [-0.3, -0.25) is 4.79 Å². The maximum absolute atomic E-state index is 13.8. The first kappa shape index (κ1) is 24.0. The van der Waals surface area contributed by atoms with E-state index < -0.39 is 23.2 Å². The van der Waals surface area contributed by atoms with Crippen LogP contribution in [0.2, 0.25) is 0 Å². The van der Waals surface area contributed by atoms with Crippen molar-refractivity contribution < 1.29 is 28.6 Å². The monoisotopic (exact) mass is 446 g/mol. The number of likely N-dealkylation sites (tertiary alicyclic amines) is 1. The number of ether oxygens (including phenoxy) is 3. The number of imide groups is 1. The molecular weight excluding hydrogens is 412 g/mol. The van der Waals surface area contributed by atoms with Crippen LogP contribution in [0.25, 0.3) is 0 Å². The Labute approximate surface area is 189 Å². The molecule has 2 fully saturated rings. The molecule has 0 spiro atoms. The van der Waals surface area contributed by atoms with Gasteiger partial charge in [0.25, 0.3) is 0 Å². The summed E-state index contributed by atoms with van der Waals surface area (Å²) < 4.78 is 16.7. The third-order valence-electron chi connectivity index (χ3n) is 5.84. The molecule has 0 unspecified atom stereocenters. The summed E-state index contributed by atoms with van der Waals surface area (Å²) in [6.07, 6.45) is -0.722. The summed E-state index contributed by atoms with van der Waals surface area (Å²) in [5.41, 5.74) is -0.697. The van der Waals surface area contributed by atoms with E-state index in [9.17, 15) is 14.4 Å². The molecule has 0 radical (unpaired) electrons. The highest BCUT2D eigenvalue weighted by Gasteiger charge is 2.53. The number of nitrogens with zero attached hydrogens (tertiary/aromatic N) is 2. The van der Waals surface area contributed by atoms with Crippen molar-refractivity contribution in [1.29, 1.82) is 0 Å². The number of hydrogen-bond acceptors (Lipinski definition) is 6. The van der Waals surface area contributed by atoms with Crippen molar-refractivity contribution in [3.8, 4) is 0 Å². The molecular formula is C24H34N2O6. The second kappa shape index (κ2) is 9.48. The van der Waals surface area contributed by atoms with Gasteiger partial charge in [0.05, 0.1) is 24.7 Å². The Morgan fingerprint density at radius 3 is 2.53 bits per heavy atom. The summed E-state index contributed by atoms with van der Waals surface area (Å²) in [6, 6.07) is 9.33. The fraction of sp³-hybridized carbons (Fsp3) is 0.625. The number of carbonyl (C=O) groups is 3. The Bertz CT molecular complexity index is 835. The number of carbonyl (C=O) groups excluding carboxylic acids is 3. The van der Waals surface area contributed by atoms with Crippen LogP contribution in [0, 0.1) is 11.3 Å². The highest BCUT2D eigenvalue weighted by molar-refractivity contribution is 5.97. The Balaban J connectivity index is 1.80. The Morgan fingerprint density at radius 2 is 1.91 bits per heavy atom. The smallest absolute Gasteiger partial charge is 0.417 e. The minimum absolute atomic E-state index is 0.0519. The van der Waals surface area contributed by atoms with Crippen molar-refractivity contribution in [2.75, 3.05) is 26.3 Å². The van der Waals surface area contributed by atoms with Crippen LogP contribution in [-0.4, -0.2) is 65.8 Å². The van der Waals surface area contributed by atoms with Gasteiger partial charge in [-0.05, 0) is 38.7 Å². The molecule has 1 aromatic carbocycles. The van der Waals surface area contributed by atoms with Crippen LogP contribution >= 0.6 is 0 Å². The fourth-order valence-electron chi connectivity index (χ4n) is 4.06. The van der Waals surface area contributed by atoms with E-state index in [0.29, 0.717) is 19.6 Å². The largest absolute Gasteiger partial charge is 0.447 e. The van der Waals surface area contributed by atoms with Gasteiger partial charge in [0.1, 0.15) is 12.2 Å². The first-order valence-electron chi connectivity index (χ1n) is 11.1. The normalized spacial score (nSPS) is 23.6. The molecule has 2 aliphatic rings. The van der Waals surface area contributed by atoms with Gasteiger partial charge in [0.15, 0.2) is 0 Å². The molecule has 8 nitrogen and oxygen atoms in total. The molecule has 0 saturated carbocycles. The third kappa shape index (κ3) is 5.41. The highest BCUT2D eigenvalue weighted by Crippen LogP contribution is 2.37. The average Bonchev–Trinajstić information content (AvgIpc) is 3.32. The van der Waals surface area contributed by atoms with Crippen molar-refractivity contribution in [2.24, 2.45) is 11.3 Å². The lowest BCUT2D eigenvalue weighted by Crippen LogP contribution is -2.53. The van der Waals surface area contributed by atoms with E-state index in [-0.39, 0.29) is 37.6 Å². The first-order chi connectivity index (χ1) is 15.0. The second-order valence-electron chi connectivity index (χ2n) is 9.97. The van der Waals surface area contributed by atoms with Gasteiger partial charge in [-0.1, -0.05) is 44.2 Å². The summed E-state index contributed by atoms with van der Waals surface area (Å²) >= 11 is 0. The van der Waals surface area contributed by atoms with Crippen LogP contribution in [0.1, 0.15) is 46.6 Å². The van der Waals surface area contributed by atoms with E-state index in [4.69, 9.17) is 14.2 Å². The van der Waals surface area contributed by atoms with E-state index in [1.807, 2.05) is 44.2 Å². The Hall–Kier alpha value is -2.61. The molecule has 32 heavy (non-hydrogen) atoms. The first-order valence-corrected chi connectivity index (χ1v) is 11.1. The maximum Gasteiger partial charge on any atom is 0.417 e. The quantitative estimate of drug-likeness (QED) is 0.660. The summed E-state index contributed by atoms with van der Waals surface area (Å²) in [5.74, 6) is -0.297. The van der Waals surface area contributed by atoms with Gasteiger partial charge in [-0.15, -0.1) is 0 Å². The standard InChI is InChI=1S/C24H34N2O6/c1-17(2)19-14-31-22(29)26(19)20(27)24(16-30-13-18-9-7-6-8-10-18)11-12-25(15-24)21(28)32-23(3,4)5/h6-10,17,19H,11-16H2,1-5H3/t19-,24+/m1/s1. The number of hydrogen-bond donors (Lipinski definition) is 0. The second-order valence-corrected chi connectivity index (χ2v) is 9.97. The SMILES string of the molecule is CC(C)[C@H]1COC(=O)N1C(=O)[C@@]1(COCc2ccccc2)CCN(C(=O)OC(C)(C)C)C1. The van der Waals surface area contributed by atoms with Gasteiger partial charge in [-0.25, -0.2) is 14.5 Å². The number of cyclic esters (lactones) is 1. The van der Waals surface area contributed by atoms with E-state index in [1.165, 1.54) is 9.80 Å². The van der Waals surface area contributed by atoms with Gasteiger partial charge in [0, 0.05) is 13.1 Å². The van der Waals surface area contributed by atoms with Crippen LogP contribution in [0.5, 0.6) is 0 Å². The van der Waals surface area contributed by atoms with Gasteiger partial charge in [-0.2, -0.15) is 0 Å². The van der Waals surface area contributed by atoms with Gasteiger partial charge < -0.3 is 19.1 Å². The third-order valence-corrected chi connectivity index (χ3v) is 5.84. The zero-order valence-electron chi connectivity index (χ0n) is 19.6. The summed E-state index contributed by atoms with van der Waals surface area (Å²) in [4.78, 5) is 41.7. The molecule has 2 saturated heterocycles. The van der Waals surface area contributed by atoms with E-state index >= 15 is 0 Å². The predicted octanol–water partition coefficient (Wildman–Crippen LogP) is 3.83. The summed E-state index contributed by atoms with van der Waals surface area (Å²) in [6.45, 7) is 10.4. The molecule has 176 valence electrons. The lowest BCUT2D eigenvalue weighted by Gasteiger charge is -2.33. The summed E-state index contributed by atoms with van der Waals surface area (Å²) in [7, 11) is 0. The Kier molecular flexibility index (Phi) is 7.12. The zero-order chi connectivity index (χ0) is 23.5. The van der Waals surface area contributed by atoms with Crippen molar-refractivity contribution in [2.45, 2.75) is 59.3 Å². The highest BCUT2D eigenvalue weighted by atomic mass is 16.6. The van der Waals surface area contributed by atoms with E-state index in [2.05, 4.69) is 0 Å². The minimum Gasteiger partial charge on any atom is -0.447 e. The van der Waals surface area contributed by atoms with E-state index in [1.54, 1.807) is 20.8 Å². The molecule has 2 aliphatic heterocycles. The average molecular weight is 447 g/mol. The van der Waals surface area contributed by atoms with Crippen LogP contribution in [-0.2, 0) is 25.6 Å². The summed E-state index contributed by atoms with van der Waals surface area (Å²) in [5, 5.41) is 0. The lowest BCUT2D eigenvalue weighted by atomic mass is 9.85. The van der Waals surface area contributed by atoms with Crippen molar-refractivity contribution in [3.05, 3.63) is 35.9 Å². The Morgan fingerprint density at radius 1 is 1.22 bits per heavy atom. The molecule has 3 amide bonds. The van der Waals surface area contributed by atoms with Gasteiger partial charge in [0.2, 0.25) is 5.91 Å². The van der Waals surface area contributed by atoms with E-state index in [0.717, 1.165) is 5.56 Å². The topological polar surface area (TPSA) is 85.4 Å².